The van der Waals surface area contributed by atoms with Gasteiger partial charge in [0, 0.05) is 23.2 Å². The van der Waals surface area contributed by atoms with E-state index >= 15 is 0 Å². The topological polar surface area (TPSA) is 59.3 Å². The summed E-state index contributed by atoms with van der Waals surface area (Å²) in [6.45, 7) is -0.513. The lowest BCUT2D eigenvalue weighted by molar-refractivity contribution is 0.0695. The number of pyridine rings is 1. The summed E-state index contributed by atoms with van der Waals surface area (Å²) < 4.78 is 55.7. The molecule has 0 bridgehead atoms. The summed E-state index contributed by atoms with van der Waals surface area (Å²) in [4.78, 5) is 23.4. The van der Waals surface area contributed by atoms with Gasteiger partial charge >= 0.3 is 5.97 Å². The van der Waals surface area contributed by atoms with Crippen LogP contribution in [0.2, 0.25) is 0 Å². The molecule has 0 radical (unpaired) electrons. The van der Waals surface area contributed by atoms with Gasteiger partial charge in [-0.05, 0) is 18.2 Å². The maximum absolute atomic E-state index is 13.9. The van der Waals surface area contributed by atoms with Crippen LogP contribution in [0.3, 0.4) is 0 Å². The first kappa shape index (κ1) is 16.7. The number of hydrogen-bond donors (Lipinski definition) is 1. The molecule has 0 fully saturated rings. The van der Waals surface area contributed by atoms with Crippen molar-refractivity contribution in [2.24, 2.45) is 0 Å². The van der Waals surface area contributed by atoms with E-state index in [1.807, 2.05) is 0 Å². The summed E-state index contributed by atoms with van der Waals surface area (Å²) >= 11 is 0. The van der Waals surface area contributed by atoms with E-state index in [-0.39, 0.29) is 5.52 Å². The first-order chi connectivity index (χ1) is 11.8. The zero-order valence-electron chi connectivity index (χ0n) is 12.4. The van der Waals surface area contributed by atoms with Gasteiger partial charge in [0.1, 0.15) is 17.2 Å². The fourth-order valence-corrected chi connectivity index (χ4v) is 2.52. The van der Waals surface area contributed by atoms with Crippen LogP contribution in [-0.4, -0.2) is 15.6 Å². The van der Waals surface area contributed by atoms with Crippen LogP contribution in [0.15, 0.2) is 41.3 Å². The summed E-state index contributed by atoms with van der Waals surface area (Å²) in [6, 6.07) is 4.39. The zero-order chi connectivity index (χ0) is 18.3. The van der Waals surface area contributed by atoms with Crippen molar-refractivity contribution in [3.05, 3.63) is 81.1 Å². The highest BCUT2D eigenvalue weighted by Gasteiger charge is 2.18. The minimum absolute atomic E-state index is 0.184. The second kappa shape index (κ2) is 6.04. The number of carboxylic acid groups (broad SMARTS) is 1. The molecule has 3 aromatic rings. The third kappa shape index (κ3) is 2.86. The maximum atomic E-state index is 13.9. The van der Waals surface area contributed by atoms with E-state index in [1.54, 1.807) is 0 Å². The van der Waals surface area contributed by atoms with Crippen LogP contribution in [0, 0.1) is 23.3 Å². The smallest absolute Gasteiger partial charge is 0.341 e. The molecular weight excluding hydrogens is 342 g/mol. The van der Waals surface area contributed by atoms with E-state index in [4.69, 9.17) is 5.11 Å². The van der Waals surface area contributed by atoms with Gasteiger partial charge in [0.2, 0.25) is 5.43 Å². The Hall–Kier alpha value is -3.16. The zero-order valence-corrected chi connectivity index (χ0v) is 12.4. The van der Waals surface area contributed by atoms with Crippen molar-refractivity contribution in [2.45, 2.75) is 6.54 Å². The van der Waals surface area contributed by atoms with Crippen LogP contribution < -0.4 is 5.43 Å². The van der Waals surface area contributed by atoms with Gasteiger partial charge in [-0.2, -0.15) is 0 Å². The van der Waals surface area contributed by atoms with Crippen LogP contribution in [-0.2, 0) is 6.54 Å². The number of benzene rings is 2. The number of fused-ring (bicyclic) bond motifs is 1. The van der Waals surface area contributed by atoms with Crippen molar-refractivity contribution in [3.8, 4) is 0 Å². The monoisotopic (exact) mass is 351 g/mol. The van der Waals surface area contributed by atoms with Gasteiger partial charge in [0.05, 0.1) is 12.1 Å². The molecule has 128 valence electrons. The molecular formula is C17H9F4NO3. The molecule has 0 aliphatic rings. The van der Waals surface area contributed by atoms with Crippen LogP contribution in [0.5, 0.6) is 0 Å². The van der Waals surface area contributed by atoms with Gasteiger partial charge < -0.3 is 9.67 Å². The summed E-state index contributed by atoms with van der Waals surface area (Å²) in [5.41, 5.74) is -2.34. The number of nitrogens with zero attached hydrogens (tertiary/aromatic N) is 1. The predicted octanol–water partition coefficient (Wildman–Crippen LogP) is 3.30. The Balaban J connectivity index is 2.33. The summed E-state index contributed by atoms with van der Waals surface area (Å²) in [7, 11) is 0. The fourth-order valence-electron chi connectivity index (χ4n) is 2.52. The Morgan fingerprint density at radius 3 is 2.20 bits per heavy atom. The van der Waals surface area contributed by atoms with Crippen molar-refractivity contribution in [1.82, 2.24) is 4.57 Å². The van der Waals surface area contributed by atoms with Crippen molar-refractivity contribution in [2.75, 3.05) is 0 Å². The van der Waals surface area contributed by atoms with Gasteiger partial charge in [-0.3, -0.25) is 4.79 Å². The lowest BCUT2D eigenvalue weighted by Gasteiger charge is -2.14. The Morgan fingerprint density at radius 2 is 1.60 bits per heavy atom. The van der Waals surface area contributed by atoms with Gasteiger partial charge in [-0.25, -0.2) is 22.4 Å². The summed E-state index contributed by atoms with van der Waals surface area (Å²) in [5.74, 6) is -6.01. The Morgan fingerprint density at radius 1 is 1.00 bits per heavy atom. The van der Waals surface area contributed by atoms with Crippen molar-refractivity contribution in [1.29, 1.82) is 0 Å². The third-order valence-corrected chi connectivity index (χ3v) is 3.74. The lowest BCUT2D eigenvalue weighted by Crippen LogP contribution is -2.20. The minimum Gasteiger partial charge on any atom is -0.477 e. The Bertz CT molecular complexity index is 1060. The number of aromatic nitrogens is 1. The second-order valence-corrected chi connectivity index (χ2v) is 5.29. The van der Waals surface area contributed by atoms with Crippen molar-refractivity contribution < 1.29 is 27.5 Å². The van der Waals surface area contributed by atoms with Gasteiger partial charge in [0.15, 0.2) is 11.6 Å². The van der Waals surface area contributed by atoms with Gasteiger partial charge in [-0.1, -0.05) is 6.07 Å². The molecule has 0 saturated carbocycles. The molecule has 4 nitrogen and oxygen atoms in total. The van der Waals surface area contributed by atoms with E-state index in [0.29, 0.717) is 12.1 Å². The van der Waals surface area contributed by atoms with Crippen molar-refractivity contribution in [3.63, 3.8) is 0 Å². The molecule has 0 aliphatic carbocycles. The number of carboxylic acids is 1. The van der Waals surface area contributed by atoms with Gasteiger partial charge in [-0.15, -0.1) is 0 Å². The molecule has 1 aromatic heterocycles. The van der Waals surface area contributed by atoms with Crippen LogP contribution in [0.25, 0.3) is 10.9 Å². The highest BCUT2D eigenvalue weighted by Crippen LogP contribution is 2.20. The molecule has 1 N–H and O–H groups in total. The quantitative estimate of drug-likeness (QED) is 0.737. The highest BCUT2D eigenvalue weighted by molar-refractivity contribution is 5.92. The number of halogens is 4. The largest absolute Gasteiger partial charge is 0.477 e. The lowest BCUT2D eigenvalue weighted by atomic mass is 10.1. The third-order valence-electron chi connectivity index (χ3n) is 3.74. The molecule has 0 atom stereocenters. The summed E-state index contributed by atoms with van der Waals surface area (Å²) in [6.07, 6.45) is 0.843. The van der Waals surface area contributed by atoms with E-state index in [1.165, 1.54) is 0 Å². The average molecular weight is 351 g/mol. The van der Waals surface area contributed by atoms with E-state index in [2.05, 4.69) is 0 Å². The molecule has 0 unspecified atom stereocenters. The minimum atomic E-state index is -1.60. The number of rotatable bonds is 3. The number of hydrogen-bond acceptors (Lipinski definition) is 2. The Labute approximate surface area is 137 Å². The van der Waals surface area contributed by atoms with Crippen LogP contribution in [0.4, 0.5) is 17.6 Å². The SMILES string of the molecule is O=C(O)c1cn(Cc2c(F)cccc2F)c2cc(F)c(F)cc2c1=O. The molecule has 8 heteroatoms. The number of carbonyl (C=O) groups is 1. The molecule has 2 aromatic carbocycles. The van der Waals surface area contributed by atoms with Crippen LogP contribution >= 0.6 is 0 Å². The molecule has 25 heavy (non-hydrogen) atoms. The van der Waals surface area contributed by atoms with E-state index in [0.717, 1.165) is 29.0 Å². The standard InChI is InChI=1S/C17H9F4NO3/c18-11-2-1-3-12(19)9(11)6-22-7-10(17(24)25)16(23)8-4-13(20)14(21)5-15(8)22/h1-5,7H,6H2,(H,24,25). The maximum Gasteiger partial charge on any atom is 0.341 e. The van der Waals surface area contributed by atoms with E-state index in [9.17, 15) is 27.2 Å². The second-order valence-electron chi connectivity index (χ2n) is 5.29. The molecule has 0 amide bonds. The normalized spacial score (nSPS) is 11.0. The molecule has 1 heterocycles. The molecule has 0 saturated heterocycles. The average Bonchev–Trinajstić information content (AvgIpc) is 2.54. The molecule has 3 rings (SSSR count). The van der Waals surface area contributed by atoms with E-state index < -0.39 is 57.7 Å². The van der Waals surface area contributed by atoms with Gasteiger partial charge in [0.25, 0.3) is 0 Å². The summed E-state index contributed by atoms with van der Waals surface area (Å²) in [5, 5.41) is 8.71. The first-order valence-electron chi connectivity index (χ1n) is 6.98. The number of aromatic carboxylic acids is 1. The van der Waals surface area contributed by atoms with Crippen molar-refractivity contribution >= 4 is 16.9 Å². The van der Waals surface area contributed by atoms with Crippen LogP contribution in [0.1, 0.15) is 15.9 Å². The first-order valence-corrected chi connectivity index (χ1v) is 6.98. The fraction of sp³-hybridized carbons (Fsp3) is 0.0588. The molecule has 0 spiro atoms. The highest BCUT2D eigenvalue weighted by atomic mass is 19.2. The Kier molecular flexibility index (Phi) is 4.03. The predicted molar refractivity (Wildman–Crippen MR) is 80.5 cm³/mol. The molecule has 0 aliphatic heterocycles.